The summed E-state index contributed by atoms with van der Waals surface area (Å²) in [5.41, 5.74) is 2.05. The molecule has 0 unspecified atom stereocenters. The number of amides is 1. The lowest BCUT2D eigenvalue weighted by molar-refractivity contribution is -0.123. The molecule has 2 rings (SSSR count). The normalized spacial score (nSPS) is 11.9. The lowest BCUT2D eigenvalue weighted by atomic mass is 10.2. The number of sulfonamides is 1. The molecule has 0 aliphatic heterocycles. The van der Waals surface area contributed by atoms with E-state index in [9.17, 15) is 26.4 Å². The van der Waals surface area contributed by atoms with Gasteiger partial charge in [-0.1, -0.05) is 18.2 Å². The molecule has 2 N–H and O–H groups in total. The van der Waals surface area contributed by atoms with E-state index in [1.54, 1.807) is 5.32 Å². The number of aryl methyl sites for hydroxylation is 1. The molecule has 0 spiro atoms. The zero-order valence-electron chi connectivity index (χ0n) is 16.7. The van der Waals surface area contributed by atoms with Crippen LogP contribution in [0.4, 0.5) is 18.9 Å². The van der Waals surface area contributed by atoms with Crippen molar-refractivity contribution < 1.29 is 26.4 Å². The third-order valence-corrected chi connectivity index (χ3v) is 5.86. The molecule has 0 aliphatic carbocycles. The minimum absolute atomic E-state index is 0.0603. The van der Waals surface area contributed by atoms with E-state index in [4.69, 9.17) is 0 Å². The number of nitrogens with one attached hydrogen (secondary N) is 2. The highest BCUT2D eigenvalue weighted by atomic mass is 32.2. The molecule has 0 aromatic heterocycles. The number of halogens is 3. The van der Waals surface area contributed by atoms with E-state index in [-0.39, 0.29) is 17.0 Å². The van der Waals surface area contributed by atoms with E-state index in [1.807, 2.05) is 43.0 Å². The number of likely N-dealkylation sites (N-methyl/N-ethyl adjacent to an activating group) is 1. The summed E-state index contributed by atoms with van der Waals surface area (Å²) < 4.78 is 64.0. The molecule has 30 heavy (non-hydrogen) atoms. The van der Waals surface area contributed by atoms with Gasteiger partial charge in [0.2, 0.25) is 10.0 Å². The number of para-hydroxylation sites is 1. The van der Waals surface area contributed by atoms with Crippen LogP contribution in [0, 0.1) is 6.92 Å². The van der Waals surface area contributed by atoms with Crippen LogP contribution in [0.15, 0.2) is 53.4 Å². The Morgan fingerprint density at radius 2 is 1.70 bits per heavy atom. The second-order valence-electron chi connectivity index (χ2n) is 6.59. The molecule has 0 aliphatic rings. The zero-order valence-corrected chi connectivity index (χ0v) is 17.5. The number of hydrogen-bond donors (Lipinski definition) is 2. The van der Waals surface area contributed by atoms with Crippen molar-refractivity contribution in [1.82, 2.24) is 10.0 Å². The van der Waals surface area contributed by atoms with E-state index in [2.05, 4.69) is 4.72 Å². The maximum atomic E-state index is 12.5. The number of carbonyl (C=O) groups is 1. The van der Waals surface area contributed by atoms with Gasteiger partial charge in [0, 0.05) is 30.9 Å². The van der Waals surface area contributed by atoms with Crippen molar-refractivity contribution in [3.63, 3.8) is 0 Å². The van der Waals surface area contributed by atoms with E-state index in [0.29, 0.717) is 13.1 Å². The first-order valence-corrected chi connectivity index (χ1v) is 10.8. The molecule has 0 saturated carbocycles. The molecule has 0 bridgehead atoms. The molecule has 0 atom stereocenters. The molecule has 0 heterocycles. The Balaban J connectivity index is 1.97. The van der Waals surface area contributed by atoms with Crippen molar-refractivity contribution in [3.05, 3.63) is 59.7 Å². The number of nitrogens with zero attached hydrogens (tertiary/aromatic N) is 1. The Morgan fingerprint density at radius 3 is 2.27 bits per heavy atom. The fourth-order valence-electron chi connectivity index (χ4n) is 2.83. The van der Waals surface area contributed by atoms with Gasteiger partial charge in [-0.15, -0.1) is 0 Å². The average molecular weight is 443 g/mol. The summed E-state index contributed by atoms with van der Waals surface area (Å²) >= 11 is 0. The van der Waals surface area contributed by atoms with Gasteiger partial charge in [-0.05, 0) is 49.7 Å². The van der Waals surface area contributed by atoms with Gasteiger partial charge in [0.1, 0.15) is 6.54 Å². The van der Waals surface area contributed by atoms with E-state index in [1.165, 1.54) is 24.3 Å². The summed E-state index contributed by atoms with van der Waals surface area (Å²) in [6.45, 7) is 3.82. The van der Waals surface area contributed by atoms with Crippen LogP contribution in [0.5, 0.6) is 0 Å². The fraction of sp³-hybridized carbons (Fsp3) is 0.350. The first-order valence-electron chi connectivity index (χ1n) is 9.29. The van der Waals surface area contributed by atoms with Crippen LogP contribution in [-0.4, -0.2) is 46.7 Å². The highest BCUT2D eigenvalue weighted by Gasteiger charge is 2.28. The predicted octanol–water partition coefficient (Wildman–Crippen LogP) is 3.09. The van der Waals surface area contributed by atoms with Crippen molar-refractivity contribution in [1.29, 1.82) is 0 Å². The molecule has 1 amide bonds. The molecule has 164 valence electrons. The maximum absolute atomic E-state index is 12.5. The number of alkyl halides is 3. The molecule has 2 aromatic rings. The standard InChI is InChI=1S/C20H24F3N3O3S/c1-3-26(18-7-5-4-6-15(18)2)13-12-25-30(28,29)17-10-8-16(9-11-17)19(27)24-14-20(21,22)23/h4-11,25H,3,12-14H2,1-2H3,(H,24,27). The van der Waals surface area contributed by atoms with Gasteiger partial charge in [-0.3, -0.25) is 4.79 Å². The number of anilines is 1. The van der Waals surface area contributed by atoms with Gasteiger partial charge >= 0.3 is 6.18 Å². The second-order valence-corrected chi connectivity index (χ2v) is 8.35. The summed E-state index contributed by atoms with van der Waals surface area (Å²) in [5.74, 6) is -0.930. The van der Waals surface area contributed by atoms with Crippen molar-refractivity contribution >= 4 is 21.6 Å². The summed E-state index contributed by atoms with van der Waals surface area (Å²) in [6.07, 6.45) is -4.52. The van der Waals surface area contributed by atoms with Gasteiger partial charge in [0.15, 0.2) is 0 Å². The monoisotopic (exact) mass is 443 g/mol. The Hall–Kier alpha value is -2.59. The Bertz CT molecular complexity index is 961. The van der Waals surface area contributed by atoms with Crippen LogP contribution in [-0.2, 0) is 10.0 Å². The predicted molar refractivity (Wildman–Crippen MR) is 109 cm³/mol. The van der Waals surface area contributed by atoms with Crippen LogP contribution in [0.1, 0.15) is 22.8 Å². The van der Waals surface area contributed by atoms with Crippen LogP contribution in [0.3, 0.4) is 0 Å². The second kappa shape index (κ2) is 9.94. The number of hydrogen-bond acceptors (Lipinski definition) is 4. The minimum atomic E-state index is -4.52. The molecule has 10 heteroatoms. The Kier molecular flexibility index (Phi) is 7.85. The van der Waals surface area contributed by atoms with Crippen molar-refractivity contribution in [3.8, 4) is 0 Å². The molecule has 6 nitrogen and oxygen atoms in total. The fourth-order valence-corrected chi connectivity index (χ4v) is 3.85. The molecular weight excluding hydrogens is 419 g/mol. The lowest BCUT2D eigenvalue weighted by Gasteiger charge is -2.25. The topological polar surface area (TPSA) is 78.5 Å². The minimum Gasteiger partial charge on any atom is -0.370 e. The van der Waals surface area contributed by atoms with Crippen LogP contribution in [0.2, 0.25) is 0 Å². The molecule has 0 radical (unpaired) electrons. The SMILES string of the molecule is CCN(CCNS(=O)(=O)c1ccc(C(=O)NCC(F)(F)F)cc1)c1ccccc1C. The van der Waals surface area contributed by atoms with Crippen molar-refractivity contribution in [2.45, 2.75) is 24.9 Å². The highest BCUT2D eigenvalue weighted by Crippen LogP contribution is 2.19. The number of rotatable bonds is 9. The van der Waals surface area contributed by atoms with Gasteiger partial charge in [0.05, 0.1) is 4.90 Å². The summed E-state index contributed by atoms with van der Waals surface area (Å²) in [5, 5.41) is 1.74. The Labute approximate surface area is 174 Å². The summed E-state index contributed by atoms with van der Waals surface area (Å²) in [6, 6.07) is 12.5. The van der Waals surface area contributed by atoms with E-state index < -0.39 is 28.7 Å². The van der Waals surface area contributed by atoms with Crippen molar-refractivity contribution in [2.24, 2.45) is 0 Å². The highest BCUT2D eigenvalue weighted by molar-refractivity contribution is 7.89. The largest absolute Gasteiger partial charge is 0.405 e. The third-order valence-electron chi connectivity index (χ3n) is 4.39. The summed E-state index contributed by atoms with van der Waals surface area (Å²) in [7, 11) is -3.82. The first kappa shape index (κ1) is 23.7. The summed E-state index contributed by atoms with van der Waals surface area (Å²) in [4.78, 5) is 13.7. The van der Waals surface area contributed by atoms with Crippen LogP contribution >= 0.6 is 0 Å². The van der Waals surface area contributed by atoms with Crippen molar-refractivity contribution in [2.75, 3.05) is 31.1 Å². The maximum Gasteiger partial charge on any atom is 0.405 e. The number of benzene rings is 2. The van der Waals surface area contributed by atoms with Crippen LogP contribution in [0.25, 0.3) is 0 Å². The molecule has 0 fully saturated rings. The van der Waals surface area contributed by atoms with E-state index >= 15 is 0 Å². The average Bonchev–Trinajstić information content (AvgIpc) is 2.70. The third kappa shape index (κ3) is 6.74. The Morgan fingerprint density at radius 1 is 1.07 bits per heavy atom. The van der Waals surface area contributed by atoms with Gasteiger partial charge in [0.25, 0.3) is 5.91 Å². The lowest BCUT2D eigenvalue weighted by Crippen LogP contribution is -2.35. The quantitative estimate of drug-likeness (QED) is 0.624. The van der Waals surface area contributed by atoms with Gasteiger partial charge < -0.3 is 10.2 Å². The molecule has 0 saturated heterocycles. The first-order chi connectivity index (χ1) is 14.0. The van der Waals surface area contributed by atoms with Gasteiger partial charge in [-0.2, -0.15) is 13.2 Å². The molecule has 2 aromatic carbocycles. The van der Waals surface area contributed by atoms with Gasteiger partial charge in [-0.25, -0.2) is 13.1 Å². The molecular formula is C20H24F3N3O3S. The smallest absolute Gasteiger partial charge is 0.370 e. The number of carbonyl (C=O) groups excluding carboxylic acids is 1. The van der Waals surface area contributed by atoms with E-state index in [0.717, 1.165) is 11.3 Å². The zero-order chi connectivity index (χ0) is 22.4. The van der Waals surface area contributed by atoms with Crippen LogP contribution < -0.4 is 14.9 Å².